The predicted molar refractivity (Wildman–Crippen MR) is 128 cm³/mol. The third kappa shape index (κ3) is 8.59. The van der Waals surface area contributed by atoms with Gasteiger partial charge in [0.25, 0.3) is 0 Å². The van der Waals surface area contributed by atoms with Gasteiger partial charge in [0, 0.05) is 36.2 Å². The van der Waals surface area contributed by atoms with Gasteiger partial charge in [-0.3, -0.25) is 10.1 Å². The standard InChI is InChI=1S/C23H34ClF2N5O/c1-7-19(24)18(17(6)25)12-31(14(2)3)23-21(26)22(29-13-30-23)28-11-16(5)9-8-15(4)10-20(27)32/h7-9,13-14,22,28H,10-12H2,1-6H3,(H2,27,32)(H,29,30)/b15-8+,16-9+,18-17+,19-7+/t22-/m1/s1. The molecule has 0 radical (unpaired) electrons. The molecule has 178 valence electrons. The molecule has 0 aromatic heterocycles. The summed E-state index contributed by atoms with van der Waals surface area (Å²) < 4.78 is 29.4. The highest BCUT2D eigenvalue weighted by Crippen LogP contribution is 2.26. The van der Waals surface area contributed by atoms with Crippen LogP contribution in [0.4, 0.5) is 8.78 Å². The van der Waals surface area contributed by atoms with Crippen LogP contribution in [-0.2, 0) is 4.79 Å². The first kappa shape index (κ1) is 27.6. The van der Waals surface area contributed by atoms with Gasteiger partial charge in [0.15, 0.2) is 12.0 Å². The Morgan fingerprint density at radius 2 is 1.97 bits per heavy atom. The van der Waals surface area contributed by atoms with Crippen molar-refractivity contribution in [1.29, 1.82) is 0 Å². The van der Waals surface area contributed by atoms with Gasteiger partial charge in [0.1, 0.15) is 11.6 Å². The number of nitrogens with one attached hydrogen (secondary N) is 2. The van der Waals surface area contributed by atoms with Crippen LogP contribution in [0.5, 0.6) is 0 Å². The van der Waals surface area contributed by atoms with E-state index in [9.17, 15) is 9.18 Å². The zero-order valence-corrected chi connectivity index (χ0v) is 20.4. The van der Waals surface area contributed by atoms with Crippen molar-refractivity contribution in [3.05, 3.63) is 57.5 Å². The molecule has 0 saturated carbocycles. The number of halogens is 3. The van der Waals surface area contributed by atoms with Crippen molar-refractivity contribution in [3.8, 4) is 0 Å². The number of rotatable bonds is 11. The molecule has 1 rings (SSSR count). The van der Waals surface area contributed by atoms with Crippen molar-refractivity contribution >= 4 is 23.8 Å². The normalized spacial score (nSPS) is 18.7. The summed E-state index contributed by atoms with van der Waals surface area (Å²) in [7, 11) is 0. The molecule has 1 aliphatic heterocycles. The summed E-state index contributed by atoms with van der Waals surface area (Å²) >= 11 is 6.17. The molecule has 0 unspecified atom stereocenters. The Morgan fingerprint density at radius 3 is 2.50 bits per heavy atom. The van der Waals surface area contributed by atoms with Crippen LogP contribution >= 0.6 is 11.6 Å². The van der Waals surface area contributed by atoms with Gasteiger partial charge in [0.2, 0.25) is 5.91 Å². The summed E-state index contributed by atoms with van der Waals surface area (Å²) in [6.45, 7) is 11.0. The molecule has 1 aliphatic rings. The highest BCUT2D eigenvalue weighted by molar-refractivity contribution is 6.32. The zero-order valence-electron chi connectivity index (χ0n) is 19.6. The molecule has 6 nitrogen and oxygen atoms in total. The lowest BCUT2D eigenvalue weighted by Crippen LogP contribution is -2.44. The van der Waals surface area contributed by atoms with Crippen LogP contribution in [0.1, 0.15) is 48.0 Å². The van der Waals surface area contributed by atoms with Gasteiger partial charge in [-0.05, 0) is 41.5 Å². The Balaban J connectivity index is 3.02. The summed E-state index contributed by atoms with van der Waals surface area (Å²) in [5.74, 6) is -1.09. The van der Waals surface area contributed by atoms with E-state index in [-0.39, 0.29) is 29.9 Å². The van der Waals surface area contributed by atoms with Gasteiger partial charge in [-0.15, -0.1) is 0 Å². The lowest BCUT2D eigenvalue weighted by atomic mass is 10.1. The van der Waals surface area contributed by atoms with E-state index in [0.29, 0.717) is 12.1 Å². The van der Waals surface area contributed by atoms with Crippen LogP contribution in [0.3, 0.4) is 0 Å². The number of amides is 1. The van der Waals surface area contributed by atoms with Gasteiger partial charge in [-0.2, -0.15) is 0 Å². The molecule has 9 heteroatoms. The number of nitrogens with two attached hydrogens (primary N) is 1. The molecule has 0 spiro atoms. The number of nitrogens with zero attached hydrogens (tertiary/aromatic N) is 2. The molecule has 1 amide bonds. The molecular weight excluding hydrogens is 436 g/mol. The molecule has 0 aromatic rings. The number of carbonyl (C=O) groups excluding carboxylic acids is 1. The fourth-order valence-corrected chi connectivity index (χ4v) is 3.14. The van der Waals surface area contributed by atoms with Crippen LogP contribution in [-0.4, -0.2) is 42.4 Å². The van der Waals surface area contributed by atoms with E-state index in [0.717, 1.165) is 11.1 Å². The molecule has 1 atom stereocenters. The number of primary amides is 1. The minimum atomic E-state index is -0.886. The molecule has 0 saturated heterocycles. The van der Waals surface area contributed by atoms with Crippen LogP contribution in [0.25, 0.3) is 0 Å². The fourth-order valence-electron chi connectivity index (χ4n) is 2.95. The average Bonchev–Trinajstić information content (AvgIpc) is 2.71. The molecular formula is C23H34ClF2N5O. The van der Waals surface area contributed by atoms with Crippen molar-refractivity contribution < 1.29 is 13.6 Å². The first-order chi connectivity index (χ1) is 15.0. The smallest absolute Gasteiger partial charge is 0.221 e. The van der Waals surface area contributed by atoms with E-state index >= 15 is 4.39 Å². The zero-order chi connectivity index (χ0) is 24.4. The first-order valence-corrected chi connectivity index (χ1v) is 10.8. The second kappa shape index (κ2) is 13.2. The highest BCUT2D eigenvalue weighted by Gasteiger charge is 2.27. The second-order valence-corrected chi connectivity index (χ2v) is 8.35. The SMILES string of the molecule is C/C=C(Cl)\C(CN(C1=C(F)[C@H](NC/C(C)=C/C=C(\C)CC(N)=O)N=CN1)C(C)C)=C(/C)F. The predicted octanol–water partition coefficient (Wildman–Crippen LogP) is 4.54. The number of allylic oxidation sites excluding steroid dienone is 4. The van der Waals surface area contributed by atoms with Gasteiger partial charge in [-0.1, -0.05) is 41.0 Å². The summed E-state index contributed by atoms with van der Waals surface area (Å²) in [5.41, 5.74) is 7.25. The van der Waals surface area contributed by atoms with E-state index in [1.54, 1.807) is 17.9 Å². The molecule has 1 heterocycles. The van der Waals surface area contributed by atoms with Crippen molar-refractivity contribution in [2.75, 3.05) is 13.1 Å². The molecule has 0 bridgehead atoms. The fraction of sp³-hybridized carbons (Fsp3) is 0.478. The maximum atomic E-state index is 15.3. The third-order valence-electron chi connectivity index (χ3n) is 4.77. The summed E-state index contributed by atoms with van der Waals surface area (Å²) in [4.78, 5) is 16.8. The Morgan fingerprint density at radius 1 is 1.34 bits per heavy atom. The monoisotopic (exact) mass is 469 g/mol. The van der Waals surface area contributed by atoms with Crippen molar-refractivity contribution in [2.45, 2.75) is 60.2 Å². The highest BCUT2D eigenvalue weighted by atomic mass is 35.5. The van der Waals surface area contributed by atoms with Crippen molar-refractivity contribution in [1.82, 2.24) is 15.5 Å². The number of carbonyl (C=O) groups is 1. The van der Waals surface area contributed by atoms with Crippen molar-refractivity contribution in [2.24, 2.45) is 10.7 Å². The Kier molecular flexibility index (Phi) is 11.4. The molecule has 4 N–H and O–H groups in total. The van der Waals surface area contributed by atoms with Gasteiger partial charge in [0.05, 0.1) is 6.34 Å². The largest absolute Gasteiger partial charge is 0.369 e. The number of hydrogen-bond acceptors (Lipinski definition) is 5. The summed E-state index contributed by atoms with van der Waals surface area (Å²) in [6.07, 6.45) is 5.99. The minimum Gasteiger partial charge on any atom is -0.369 e. The molecule has 32 heavy (non-hydrogen) atoms. The summed E-state index contributed by atoms with van der Waals surface area (Å²) in [6, 6.07) is -0.133. The van der Waals surface area contributed by atoms with E-state index in [4.69, 9.17) is 17.3 Å². The van der Waals surface area contributed by atoms with Crippen LogP contribution in [0, 0.1) is 0 Å². The van der Waals surface area contributed by atoms with E-state index in [1.165, 1.54) is 13.3 Å². The van der Waals surface area contributed by atoms with E-state index < -0.39 is 23.7 Å². The second-order valence-electron chi connectivity index (χ2n) is 7.94. The first-order valence-electron chi connectivity index (χ1n) is 10.4. The Hall–Kier alpha value is -2.45. The number of hydrogen-bond donors (Lipinski definition) is 3. The van der Waals surface area contributed by atoms with Gasteiger partial charge < -0.3 is 16.0 Å². The summed E-state index contributed by atoms with van der Waals surface area (Å²) in [5, 5.41) is 6.20. The van der Waals surface area contributed by atoms with Gasteiger partial charge in [-0.25, -0.2) is 13.8 Å². The quantitative estimate of drug-likeness (QED) is 0.388. The molecule has 0 aromatic carbocycles. The average molecular weight is 470 g/mol. The number of aliphatic imine (C=N–C) groups is 1. The molecule has 0 fully saturated rings. The van der Waals surface area contributed by atoms with Gasteiger partial charge >= 0.3 is 0 Å². The maximum absolute atomic E-state index is 15.3. The lowest BCUT2D eigenvalue weighted by molar-refractivity contribution is -0.117. The van der Waals surface area contributed by atoms with Crippen molar-refractivity contribution in [3.63, 3.8) is 0 Å². The third-order valence-corrected chi connectivity index (χ3v) is 5.21. The lowest BCUT2D eigenvalue weighted by Gasteiger charge is -2.34. The maximum Gasteiger partial charge on any atom is 0.221 e. The topological polar surface area (TPSA) is 82.8 Å². The Bertz CT molecular complexity index is 868. The minimum absolute atomic E-state index is 0.0996. The van der Waals surface area contributed by atoms with Crippen LogP contribution in [0.2, 0.25) is 0 Å². The molecule has 0 aliphatic carbocycles. The van der Waals surface area contributed by atoms with Crippen LogP contribution in [0.15, 0.2) is 62.4 Å². The van der Waals surface area contributed by atoms with E-state index in [1.807, 2.05) is 39.8 Å². The van der Waals surface area contributed by atoms with Crippen LogP contribution < -0.4 is 16.4 Å². The van der Waals surface area contributed by atoms with E-state index in [2.05, 4.69) is 15.6 Å². The Labute approximate surface area is 194 Å².